The summed E-state index contributed by atoms with van der Waals surface area (Å²) >= 11 is 0. The first-order valence-corrected chi connectivity index (χ1v) is 5.49. The van der Waals surface area contributed by atoms with Gasteiger partial charge in [-0.2, -0.15) is 5.10 Å². The fourth-order valence-electron chi connectivity index (χ4n) is 1.59. The zero-order valence-corrected chi connectivity index (χ0v) is 9.77. The SMILES string of the molecule is NC(=O)COCCNc1cc2[nH]ncc2cc1N. The molecule has 7 heteroatoms. The highest BCUT2D eigenvalue weighted by Gasteiger charge is 2.03. The summed E-state index contributed by atoms with van der Waals surface area (Å²) in [5.41, 5.74) is 13.2. The van der Waals surface area contributed by atoms with E-state index < -0.39 is 5.91 Å². The number of carbonyl (C=O) groups excluding carboxylic acids is 1. The Labute approximate surface area is 103 Å². The van der Waals surface area contributed by atoms with Crippen LogP contribution in [0, 0.1) is 0 Å². The van der Waals surface area contributed by atoms with Crippen LogP contribution in [0.1, 0.15) is 0 Å². The van der Waals surface area contributed by atoms with Gasteiger partial charge in [-0.05, 0) is 12.1 Å². The summed E-state index contributed by atoms with van der Waals surface area (Å²) in [4.78, 5) is 10.4. The molecule has 0 aliphatic rings. The van der Waals surface area contributed by atoms with E-state index in [9.17, 15) is 4.79 Å². The zero-order chi connectivity index (χ0) is 13.0. The number of anilines is 2. The first kappa shape index (κ1) is 12.2. The van der Waals surface area contributed by atoms with Crippen molar-refractivity contribution in [1.29, 1.82) is 0 Å². The second kappa shape index (κ2) is 5.37. The molecule has 7 nitrogen and oxygen atoms in total. The Kier molecular flexibility index (Phi) is 3.63. The first-order chi connectivity index (χ1) is 8.66. The van der Waals surface area contributed by atoms with Crippen LogP contribution >= 0.6 is 0 Å². The van der Waals surface area contributed by atoms with E-state index in [0.717, 1.165) is 16.6 Å². The van der Waals surface area contributed by atoms with E-state index in [2.05, 4.69) is 15.5 Å². The van der Waals surface area contributed by atoms with Crippen molar-refractivity contribution in [1.82, 2.24) is 10.2 Å². The molecule has 0 aliphatic heterocycles. The summed E-state index contributed by atoms with van der Waals surface area (Å²) in [5.74, 6) is -0.478. The highest BCUT2D eigenvalue weighted by molar-refractivity contribution is 5.88. The van der Waals surface area contributed by atoms with E-state index in [0.29, 0.717) is 18.8 Å². The van der Waals surface area contributed by atoms with Gasteiger partial charge in [0.2, 0.25) is 5.91 Å². The molecule has 0 fully saturated rings. The van der Waals surface area contributed by atoms with Gasteiger partial charge >= 0.3 is 0 Å². The summed E-state index contributed by atoms with van der Waals surface area (Å²) < 4.78 is 5.03. The van der Waals surface area contributed by atoms with Gasteiger partial charge in [0.1, 0.15) is 6.61 Å². The van der Waals surface area contributed by atoms with Crippen molar-refractivity contribution in [3.05, 3.63) is 18.3 Å². The molecule has 0 saturated heterocycles. The van der Waals surface area contributed by atoms with Gasteiger partial charge in [0.25, 0.3) is 0 Å². The van der Waals surface area contributed by atoms with E-state index in [1.54, 1.807) is 6.20 Å². The molecule has 18 heavy (non-hydrogen) atoms. The lowest BCUT2D eigenvalue weighted by Crippen LogP contribution is -2.20. The number of primary amides is 1. The zero-order valence-electron chi connectivity index (χ0n) is 9.77. The van der Waals surface area contributed by atoms with E-state index in [4.69, 9.17) is 16.2 Å². The second-order valence-electron chi connectivity index (χ2n) is 3.84. The lowest BCUT2D eigenvalue weighted by atomic mass is 10.2. The first-order valence-electron chi connectivity index (χ1n) is 5.49. The number of aromatic amines is 1. The van der Waals surface area contributed by atoms with Crippen molar-refractivity contribution < 1.29 is 9.53 Å². The number of carbonyl (C=O) groups is 1. The standard InChI is InChI=1S/C11H15N5O2/c12-8-3-7-5-15-16-9(7)4-10(8)14-1-2-18-6-11(13)17/h3-5,14H,1-2,6,12H2,(H2,13,17)(H,15,16). The molecule has 0 radical (unpaired) electrons. The molecule has 2 aromatic rings. The largest absolute Gasteiger partial charge is 0.397 e. The number of benzene rings is 1. The molecule has 2 rings (SSSR count). The maximum absolute atomic E-state index is 10.4. The molecular weight excluding hydrogens is 234 g/mol. The number of ether oxygens (including phenoxy) is 1. The number of rotatable bonds is 6. The number of amides is 1. The Morgan fingerprint density at radius 2 is 2.33 bits per heavy atom. The van der Waals surface area contributed by atoms with E-state index in [1.165, 1.54) is 0 Å². The third kappa shape index (κ3) is 2.89. The van der Waals surface area contributed by atoms with Gasteiger partial charge in [0.15, 0.2) is 0 Å². The Hall–Kier alpha value is -2.28. The predicted octanol–water partition coefficient (Wildman–Crippen LogP) is 0.0589. The van der Waals surface area contributed by atoms with Gasteiger partial charge in [-0.15, -0.1) is 0 Å². The van der Waals surface area contributed by atoms with Crippen molar-refractivity contribution >= 4 is 28.2 Å². The summed E-state index contributed by atoms with van der Waals surface area (Å²) in [6, 6.07) is 3.72. The second-order valence-corrected chi connectivity index (χ2v) is 3.84. The van der Waals surface area contributed by atoms with Crippen molar-refractivity contribution in [3.63, 3.8) is 0 Å². The van der Waals surface area contributed by atoms with E-state index in [-0.39, 0.29) is 6.61 Å². The molecule has 1 heterocycles. The smallest absolute Gasteiger partial charge is 0.243 e. The molecular formula is C11H15N5O2. The van der Waals surface area contributed by atoms with Gasteiger partial charge in [-0.25, -0.2) is 0 Å². The highest BCUT2D eigenvalue weighted by atomic mass is 16.5. The molecule has 6 N–H and O–H groups in total. The molecule has 0 bridgehead atoms. The Bertz CT molecular complexity index is 551. The average molecular weight is 249 g/mol. The van der Waals surface area contributed by atoms with Crippen LogP contribution in [0.4, 0.5) is 11.4 Å². The predicted molar refractivity (Wildman–Crippen MR) is 69.0 cm³/mol. The number of nitrogens with one attached hydrogen (secondary N) is 2. The minimum Gasteiger partial charge on any atom is -0.397 e. The summed E-state index contributed by atoms with van der Waals surface area (Å²) in [6.07, 6.45) is 1.71. The van der Waals surface area contributed by atoms with Crippen LogP contribution in [0.15, 0.2) is 18.3 Å². The molecule has 0 saturated carbocycles. The number of nitrogens with two attached hydrogens (primary N) is 2. The minimum atomic E-state index is -0.478. The lowest BCUT2D eigenvalue weighted by molar-refractivity contribution is -0.122. The van der Waals surface area contributed by atoms with Gasteiger partial charge in [-0.1, -0.05) is 0 Å². The minimum absolute atomic E-state index is 0.0727. The molecule has 1 aromatic heterocycles. The van der Waals surface area contributed by atoms with Gasteiger partial charge in [0, 0.05) is 11.9 Å². The third-order valence-electron chi connectivity index (χ3n) is 2.42. The molecule has 0 aliphatic carbocycles. The van der Waals surface area contributed by atoms with Crippen LogP contribution in [0.3, 0.4) is 0 Å². The maximum Gasteiger partial charge on any atom is 0.243 e. The fourth-order valence-corrected chi connectivity index (χ4v) is 1.59. The van der Waals surface area contributed by atoms with Gasteiger partial charge in [-0.3, -0.25) is 9.89 Å². The number of H-pyrrole nitrogens is 1. The van der Waals surface area contributed by atoms with Crippen LogP contribution in [-0.4, -0.2) is 35.9 Å². The van der Waals surface area contributed by atoms with Gasteiger partial charge in [0.05, 0.1) is 29.7 Å². The normalized spacial score (nSPS) is 10.7. The Morgan fingerprint density at radius 1 is 1.50 bits per heavy atom. The number of fused-ring (bicyclic) bond motifs is 1. The molecule has 96 valence electrons. The van der Waals surface area contributed by atoms with E-state index in [1.807, 2.05) is 12.1 Å². The average Bonchev–Trinajstić information content (AvgIpc) is 2.75. The Balaban J connectivity index is 1.90. The van der Waals surface area contributed by atoms with Crippen molar-refractivity contribution in [3.8, 4) is 0 Å². The third-order valence-corrected chi connectivity index (χ3v) is 2.42. The quantitative estimate of drug-likeness (QED) is 0.426. The summed E-state index contributed by atoms with van der Waals surface area (Å²) in [7, 11) is 0. The van der Waals surface area contributed by atoms with Crippen LogP contribution in [0.2, 0.25) is 0 Å². The van der Waals surface area contributed by atoms with Gasteiger partial charge < -0.3 is 21.5 Å². The number of nitrogens with zero attached hydrogens (tertiary/aromatic N) is 1. The number of hydrogen-bond acceptors (Lipinski definition) is 5. The molecule has 0 atom stereocenters. The van der Waals surface area contributed by atoms with Crippen LogP contribution in [-0.2, 0) is 9.53 Å². The molecule has 1 aromatic carbocycles. The van der Waals surface area contributed by atoms with Crippen molar-refractivity contribution in [2.45, 2.75) is 0 Å². The van der Waals surface area contributed by atoms with Crippen LogP contribution in [0.5, 0.6) is 0 Å². The molecule has 1 amide bonds. The number of nitrogen functional groups attached to an aromatic ring is 1. The fraction of sp³-hybridized carbons (Fsp3) is 0.273. The number of hydrogen-bond donors (Lipinski definition) is 4. The monoisotopic (exact) mass is 249 g/mol. The van der Waals surface area contributed by atoms with Crippen LogP contribution in [0.25, 0.3) is 10.9 Å². The maximum atomic E-state index is 10.4. The summed E-state index contributed by atoms with van der Waals surface area (Å²) in [6.45, 7) is 0.845. The van der Waals surface area contributed by atoms with Crippen LogP contribution < -0.4 is 16.8 Å². The highest BCUT2D eigenvalue weighted by Crippen LogP contribution is 2.24. The van der Waals surface area contributed by atoms with Crippen molar-refractivity contribution in [2.75, 3.05) is 30.8 Å². The summed E-state index contributed by atoms with van der Waals surface area (Å²) in [5, 5.41) is 10.9. The topological polar surface area (TPSA) is 119 Å². The Morgan fingerprint density at radius 3 is 3.11 bits per heavy atom. The lowest BCUT2D eigenvalue weighted by Gasteiger charge is -2.09. The number of aromatic nitrogens is 2. The molecule has 0 spiro atoms. The van der Waals surface area contributed by atoms with E-state index >= 15 is 0 Å². The van der Waals surface area contributed by atoms with Crippen molar-refractivity contribution in [2.24, 2.45) is 5.73 Å². The molecule has 0 unspecified atom stereocenters.